The molecule has 2 heteroatoms. The van der Waals surface area contributed by atoms with E-state index in [0.717, 1.165) is 12.8 Å². The molecule has 1 aromatic carbocycles. The van der Waals surface area contributed by atoms with Gasteiger partial charge in [0.2, 0.25) is 0 Å². The van der Waals surface area contributed by atoms with Gasteiger partial charge < -0.3 is 9.47 Å². The summed E-state index contributed by atoms with van der Waals surface area (Å²) < 4.78 is 12.1. The first-order chi connectivity index (χ1) is 7.51. The summed E-state index contributed by atoms with van der Waals surface area (Å²) in [5, 5.41) is 0. The van der Waals surface area contributed by atoms with Crippen LogP contribution in [-0.4, -0.2) is 11.9 Å². The number of benzene rings is 1. The second-order valence-electron chi connectivity index (χ2n) is 5.41. The van der Waals surface area contributed by atoms with Crippen LogP contribution >= 0.6 is 0 Å². The summed E-state index contributed by atoms with van der Waals surface area (Å²) >= 11 is 0. The molecule has 1 aliphatic heterocycles. The Morgan fingerprint density at radius 2 is 1.94 bits per heavy atom. The fourth-order valence-corrected chi connectivity index (χ4v) is 3.13. The second-order valence-corrected chi connectivity index (χ2v) is 5.41. The first kappa shape index (κ1) is 10.3. The average molecular weight is 218 g/mol. The van der Waals surface area contributed by atoms with Crippen LogP contribution < -0.4 is 0 Å². The third-order valence-corrected chi connectivity index (χ3v) is 3.73. The van der Waals surface area contributed by atoms with Crippen molar-refractivity contribution < 1.29 is 9.47 Å². The lowest BCUT2D eigenvalue weighted by Crippen LogP contribution is -2.38. The van der Waals surface area contributed by atoms with Crippen molar-refractivity contribution in [1.82, 2.24) is 0 Å². The van der Waals surface area contributed by atoms with E-state index in [1.807, 2.05) is 13.8 Å². The molecule has 1 aromatic rings. The Kier molecular flexibility index (Phi) is 1.99. The second kappa shape index (κ2) is 3.08. The molecule has 3 rings (SSSR count). The highest BCUT2D eigenvalue weighted by Crippen LogP contribution is 2.48. The fourth-order valence-electron chi connectivity index (χ4n) is 3.13. The zero-order chi connectivity index (χ0) is 11.4. The van der Waals surface area contributed by atoms with Gasteiger partial charge in [-0.15, -0.1) is 0 Å². The number of fused-ring (bicyclic) bond motifs is 3. The summed E-state index contributed by atoms with van der Waals surface area (Å²) in [7, 11) is 0. The average Bonchev–Trinajstić information content (AvgIpc) is 2.47. The maximum Gasteiger partial charge on any atom is 0.164 e. The van der Waals surface area contributed by atoms with Gasteiger partial charge in [0.25, 0.3) is 0 Å². The molecule has 0 spiro atoms. The van der Waals surface area contributed by atoms with Crippen LogP contribution in [0.5, 0.6) is 0 Å². The minimum absolute atomic E-state index is 0.192. The third kappa shape index (κ3) is 1.33. The molecule has 1 aliphatic carbocycles. The van der Waals surface area contributed by atoms with Gasteiger partial charge in [0.1, 0.15) is 5.60 Å². The summed E-state index contributed by atoms with van der Waals surface area (Å²) in [6.07, 6.45) is 2.34. The minimum atomic E-state index is -0.461. The van der Waals surface area contributed by atoms with Crippen LogP contribution in [0.3, 0.4) is 0 Å². The molecule has 1 heterocycles. The molecular formula is C14H18O2. The van der Waals surface area contributed by atoms with E-state index in [4.69, 9.17) is 9.47 Å². The van der Waals surface area contributed by atoms with E-state index in [-0.39, 0.29) is 11.7 Å². The lowest BCUT2D eigenvalue weighted by molar-refractivity contribution is -0.161. The molecule has 0 bridgehead atoms. The largest absolute Gasteiger partial charge is 0.344 e. The first-order valence-electron chi connectivity index (χ1n) is 5.98. The Morgan fingerprint density at radius 1 is 1.19 bits per heavy atom. The third-order valence-electron chi connectivity index (χ3n) is 3.73. The van der Waals surface area contributed by atoms with E-state index in [2.05, 4.69) is 31.2 Å². The minimum Gasteiger partial charge on any atom is -0.344 e. The smallest absolute Gasteiger partial charge is 0.164 e. The molecule has 0 unspecified atom stereocenters. The van der Waals surface area contributed by atoms with E-state index in [1.54, 1.807) is 0 Å². The van der Waals surface area contributed by atoms with E-state index in [9.17, 15) is 0 Å². The van der Waals surface area contributed by atoms with Gasteiger partial charge >= 0.3 is 0 Å². The molecule has 0 amide bonds. The zero-order valence-corrected chi connectivity index (χ0v) is 10.1. The summed E-state index contributed by atoms with van der Waals surface area (Å²) in [6, 6.07) is 8.56. The van der Waals surface area contributed by atoms with Gasteiger partial charge in [-0.05, 0) is 44.7 Å². The Bertz CT molecular complexity index is 424. The fraction of sp³-hybridized carbons (Fsp3) is 0.571. The van der Waals surface area contributed by atoms with Crippen molar-refractivity contribution in [2.24, 2.45) is 0 Å². The molecule has 0 aromatic heterocycles. The van der Waals surface area contributed by atoms with Gasteiger partial charge in [0, 0.05) is 0 Å². The monoisotopic (exact) mass is 218 g/mol. The van der Waals surface area contributed by atoms with E-state index in [0.29, 0.717) is 0 Å². The summed E-state index contributed by atoms with van der Waals surface area (Å²) in [5.74, 6) is -0.461. The summed E-state index contributed by atoms with van der Waals surface area (Å²) in [4.78, 5) is 0. The number of rotatable bonds is 0. The lowest BCUT2D eigenvalue weighted by atomic mass is 9.78. The van der Waals surface area contributed by atoms with Crippen molar-refractivity contribution in [2.45, 2.75) is 51.1 Å². The Labute approximate surface area is 96.6 Å². The molecule has 16 heavy (non-hydrogen) atoms. The van der Waals surface area contributed by atoms with Crippen molar-refractivity contribution >= 4 is 0 Å². The Hall–Kier alpha value is -0.860. The normalized spacial score (nSPS) is 35.6. The number of hydrogen-bond acceptors (Lipinski definition) is 2. The zero-order valence-electron chi connectivity index (χ0n) is 10.1. The van der Waals surface area contributed by atoms with Gasteiger partial charge in [-0.1, -0.05) is 24.3 Å². The van der Waals surface area contributed by atoms with Crippen molar-refractivity contribution in [3.05, 3.63) is 35.4 Å². The standard InChI is InChI=1S/C14H18O2/c1-13(2)15-12-9-8-10-6-4-5-7-11(10)14(12,3)16-13/h4-7,12H,8-9H2,1-3H3/t12-,14+/m0/s1. The Balaban J connectivity index is 2.11. The van der Waals surface area contributed by atoms with Gasteiger partial charge in [-0.25, -0.2) is 0 Å². The highest BCUT2D eigenvalue weighted by molar-refractivity contribution is 5.36. The molecule has 0 N–H and O–H groups in total. The van der Waals surface area contributed by atoms with Crippen LogP contribution in [0.25, 0.3) is 0 Å². The molecule has 86 valence electrons. The van der Waals surface area contributed by atoms with Crippen LogP contribution in [0.1, 0.15) is 38.3 Å². The summed E-state index contributed by atoms with van der Waals surface area (Å²) in [6.45, 7) is 6.16. The van der Waals surface area contributed by atoms with Crippen molar-refractivity contribution in [1.29, 1.82) is 0 Å². The summed E-state index contributed by atoms with van der Waals surface area (Å²) in [5.41, 5.74) is 2.44. The van der Waals surface area contributed by atoms with Gasteiger partial charge in [0.15, 0.2) is 5.79 Å². The van der Waals surface area contributed by atoms with Gasteiger partial charge in [-0.3, -0.25) is 0 Å². The number of hydrogen-bond donors (Lipinski definition) is 0. The van der Waals surface area contributed by atoms with Crippen LogP contribution in [0.4, 0.5) is 0 Å². The molecular weight excluding hydrogens is 200 g/mol. The molecule has 2 aliphatic rings. The van der Waals surface area contributed by atoms with Crippen LogP contribution in [0, 0.1) is 0 Å². The molecule has 1 fully saturated rings. The SMILES string of the molecule is CC1(C)O[C@H]2CCc3ccccc3[C@@]2(C)O1. The van der Waals surface area contributed by atoms with Gasteiger partial charge in [-0.2, -0.15) is 0 Å². The Morgan fingerprint density at radius 3 is 2.75 bits per heavy atom. The molecule has 0 radical (unpaired) electrons. The van der Waals surface area contributed by atoms with E-state index in [1.165, 1.54) is 11.1 Å². The maximum absolute atomic E-state index is 6.14. The number of aryl methyl sites for hydroxylation is 1. The predicted molar refractivity (Wildman–Crippen MR) is 62.2 cm³/mol. The predicted octanol–water partition coefficient (Wildman–Crippen LogP) is 3.00. The lowest BCUT2D eigenvalue weighted by Gasteiger charge is -2.35. The molecule has 2 atom stereocenters. The van der Waals surface area contributed by atoms with Gasteiger partial charge in [0.05, 0.1) is 6.10 Å². The molecule has 1 saturated heterocycles. The highest BCUT2D eigenvalue weighted by atomic mass is 16.8. The molecule has 0 saturated carbocycles. The van der Waals surface area contributed by atoms with Crippen LogP contribution in [0.2, 0.25) is 0 Å². The van der Waals surface area contributed by atoms with E-state index >= 15 is 0 Å². The van der Waals surface area contributed by atoms with Crippen LogP contribution in [-0.2, 0) is 21.5 Å². The number of ether oxygens (including phenoxy) is 2. The molecule has 2 nitrogen and oxygen atoms in total. The maximum atomic E-state index is 6.14. The van der Waals surface area contributed by atoms with Crippen molar-refractivity contribution in [2.75, 3.05) is 0 Å². The van der Waals surface area contributed by atoms with Crippen LogP contribution in [0.15, 0.2) is 24.3 Å². The highest BCUT2D eigenvalue weighted by Gasteiger charge is 2.53. The van der Waals surface area contributed by atoms with E-state index < -0.39 is 5.79 Å². The first-order valence-corrected chi connectivity index (χ1v) is 5.98. The van der Waals surface area contributed by atoms with Crippen molar-refractivity contribution in [3.8, 4) is 0 Å². The quantitative estimate of drug-likeness (QED) is 0.666. The topological polar surface area (TPSA) is 18.5 Å². The van der Waals surface area contributed by atoms with Crippen molar-refractivity contribution in [3.63, 3.8) is 0 Å².